The Labute approximate surface area is 618 Å². The molecule has 18 rings (SSSR count). The monoisotopic (exact) mass is 1310 g/mol. The number of furan rings is 1. The summed E-state index contributed by atoms with van der Waals surface area (Å²) in [5.74, 6) is 0. The zero-order valence-electron chi connectivity index (χ0n) is 79.6. The molecule has 16 aromatic rings. The topological polar surface area (TPSA) is 29.5 Å². The minimum Gasteiger partial charge on any atom is -0.456 e. The first-order valence-corrected chi connectivity index (χ1v) is 33.8. The van der Waals surface area contributed by atoms with Crippen LogP contribution in [0.1, 0.15) is 135 Å². The van der Waals surface area contributed by atoms with E-state index in [9.17, 15) is 24.7 Å². The van der Waals surface area contributed by atoms with Gasteiger partial charge in [0.05, 0.1) is 63.6 Å². The van der Waals surface area contributed by atoms with Crippen LogP contribution in [0.25, 0.3) is 110 Å². The molecule has 3 aromatic heterocycles. The first kappa shape index (κ1) is 42.0. The quantitative estimate of drug-likeness (QED) is 0.149. The first-order chi connectivity index (χ1) is 57.3. The molecule has 100 heavy (non-hydrogen) atoms. The van der Waals surface area contributed by atoms with E-state index >= 15 is 0 Å². The highest BCUT2D eigenvalue weighted by Crippen LogP contribution is 2.53. The number of benzene rings is 13. The number of hydrogen-bond acceptors (Lipinski definition) is 3. The number of hydrogen-bond donors (Lipinski definition) is 0. The summed E-state index contributed by atoms with van der Waals surface area (Å²) in [6, 6.07) is 29.6. The van der Waals surface area contributed by atoms with Crippen molar-refractivity contribution in [3.8, 4) is 44.8 Å². The zero-order chi connectivity index (χ0) is 87.6. The van der Waals surface area contributed by atoms with E-state index in [4.69, 9.17) is 9.90 Å². The van der Waals surface area contributed by atoms with Gasteiger partial charge < -0.3 is 23.4 Å². The number of nitrogens with zero attached hydrogens (tertiary/aromatic N) is 4. The summed E-state index contributed by atoms with van der Waals surface area (Å²) in [6.45, 7) is 23.5. The number of fused-ring (bicyclic) bond motifs is 13. The van der Waals surface area contributed by atoms with Crippen molar-refractivity contribution in [3.63, 3.8) is 0 Å². The van der Waals surface area contributed by atoms with Gasteiger partial charge in [0.2, 0.25) is 0 Å². The molecule has 0 saturated carbocycles. The number of aromatic nitrogens is 2. The van der Waals surface area contributed by atoms with Crippen molar-refractivity contribution in [2.24, 2.45) is 0 Å². The Morgan fingerprint density at radius 3 is 1.11 bits per heavy atom. The van der Waals surface area contributed by atoms with Crippen LogP contribution in [-0.2, 0) is 21.7 Å². The molecule has 0 unspecified atom stereocenters. The largest absolute Gasteiger partial charge is 0.456 e. The molecule has 0 atom stereocenters. The third-order valence-electron chi connectivity index (χ3n) is 20.1. The molecule has 0 fully saturated rings. The lowest BCUT2D eigenvalue weighted by Gasteiger charge is -2.45. The average molecular weight is 1320 g/mol. The van der Waals surface area contributed by atoms with Crippen LogP contribution in [-0.4, -0.2) is 15.8 Å². The normalized spacial score (nSPS) is 16.4. The third-order valence-corrected chi connectivity index (χ3v) is 20.1. The Hall–Kier alpha value is -11.1. The fourth-order valence-corrected chi connectivity index (χ4v) is 14.8. The van der Waals surface area contributed by atoms with Gasteiger partial charge in [-0.25, -0.2) is 0 Å². The standard InChI is InChI=1S/C94H81BN4O/c1-91(2,3)62-38-33-58(34-39-62)73-54-64(93(7,8)9)42-48-82(73)98-84-56-66(96-78-28-18-13-23-68(78)69-24-14-19-29-79(69)96)44-46-76(84)95-77-47-45-67(97-80-30-20-15-25-70(80)71-26-16-21-31-81(71)97)57-85(77)99(83-49-43-65(94(10,11)12)55-74(83)59-35-40-63(41-36-59)92(4,5)6)87-53-61(52-86(98)90(87)95)60-37-50-89-75(51-60)72-27-17-22-32-88(72)100-89/h13-57H,1-12H3/i13D,14D,15D,16D,18D,19D,20D,21D,23D,24D,25D,26D,28D,29D,30D,31D,44D,45D,46D,47D,56D,57D. The molecule has 5 heterocycles. The molecule has 5 nitrogen and oxygen atoms in total. The lowest BCUT2D eigenvalue weighted by atomic mass is 9.33. The van der Waals surface area contributed by atoms with Gasteiger partial charge in [0.15, 0.2) is 0 Å². The lowest BCUT2D eigenvalue weighted by molar-refractivity contribution is 0.589. The van der Waals surface area contributed by atoms with Crippen LogP contribution in [0.2, 0.25) is 0 Å². The Morgan fingerprint density at radius 1 is 0.310 bits per heavy atom. The van der Waals surface area contributed by atoms with Crippen LogP contribution in [0, 0.1) is 0 Å². The van der Waals surface area contributed by atoms with E-state index < -0.39 is 184 Å². The Morgan fingerprint density at radius 2 is 0.690 bits per heavy atom. The van der Waals surface area contributed by atoms with Crippen LogP contribution in [0.15, 0.2) is 277 Å². The number of anilines is 6. The van der Waals surface area contributed by atoms with E-state index in [2.05, 4.69) is 95.2 Å². The van der Waals surface area contributed by atoms with Gasteiger partial charge in [0.25, 0.3) is 6.71 Å². The van der Waals surface area contributed by atoms with Gasteiger partial charge >= 0.3 is 0 Å². The van der Waals surface area contributed by atoms with Crippen LogP contribution >= 0.6 is 0 Å². The van der Waals surface area contributed by atoms with Crippen molar-refractivity contribution in [3.05, 3.63) is 295 Å². The first-order valence-electron chi connectivity index (χ1n) is 44.8. The molecule has 486 valence electrons. The summed E-state index contributed by atoms with van der Waals surface area (Å²) < 4.78 is 228. The highest BCUT2D eigenvalue weighted by Gasteiger charge is 2.45. The molecule has 2 aliphatic rings. The molecule has 2 aliphatic heterocycles. The van der Waals surface area contributed by atoms with E-state index in [0.29, 0.717) is 61.4 Å². The SMILES string of the molecule is [2H]c1c([2H])c(-n2c3c([2H])c([2H])c([2H])c([2H])c3c3c([2H])c([2H])c([2H])c([2H])c32)c([2H])c2c1B1c3c(cc(-c4ccc5oc6ccccc6c5c4)cc3N(c3ccc(C(C)(C)C)cc3-c3ccc(C(C)(C)C)cc3)c3c([2H])c(-n4c5c([2H])c([2H])c([2H])c([2H])c5c5c([2H])c([2H])c([2H])c([2H])c54)c([2H])c([2H])c31)N2c1ccc(C(C)(C)C)cc1-c1ccc(C(C)(C)C)cc1. The lowest BCUT2D eigenvalue weighted by Crippen LogP contribution is -2.61. The molecule has 13 aromatic carbocycles. The molecule has 6 heteroatoms. The van der Waals surface area contributed by atoms with Crippen molar-refractivity contribution < 1.29 is 34.6 Å². The number of para-hydroxylation sites is 5. The van der Waals surface area contributed by atoms with E-state index in [-0.39, 0.29) is 66.1 Å². The summed E-state index contributed by atoms with van der Waals surface area (Å²) in [7, 11) is 0. The van der Waals surface area contributed by atoms with Gasteiger partial charge in [0.1, 0.15) is 11.2 Å². The van der Waals surface area contributed by atoms with Crippen LogP contribution in [0.3, 0.4) is 0 Å². The number of rotatable bonds is 7. The summed E-state index contributed by atoms with van der Waals surface area (Å²) in [4.78, 5) is 3.66. The van der Waals surface area contributed by atoms with Crippen LogP contribution < -0.4 is 26.2 Å². The van der Waals surface area contributed by atoms with E-state index in [1.807, 2.05) is 137 Å². The summed E-state index contributed by atoms with van der Waals surface area (Å²) in [5, 5.41) is 0.112. The van der Waals surface area contributed by atoms with E-state index in [1.54, 1.807) is 0 Å². The second kappa shape index (κ2) is 22.2. The molecular weight excluding hydrogens is 1210 g/mol. The minimum absolute atomic E-state index is 0.155. The maximum Gasteiger partial charge on any atom is 0.252 e. The van der Waals surface area contributed by atoms with E-state index in [1.165, 1.54) is 0 Å². The van der Waals surface area contributed by atoms with Crippen molar-refractivity contribution in [1.82, 2.24) is 9.13 Å². The molecule has 0 saturated heterocycles. The van der Waals surface area contributed by atoms with Crippen molar-refractivity contribution >= 4 is 123 Å². The summed E-state index contributed by atoms with van der Waals surface area (Å²) in [5.41, 5.74) is 5.09. The maximum atomic E-state index is 11.6. The van der Waals surface area contributed by atoms with Gasteiger partial charge in [-0.15, -0.1) is 0 Å². The fourth-order valence-electron chi connectivity index (χ4n) is 14.8. The smallest absolute Gasteiger partial charge is 0.252 e. The molecule has 0 radical (unpaired) electrons. The third kappa shape index (κ3) is 9.72. The van der Waals surface area contributed by atoms with E-state index in [0.717, 1.165) is 42.2 Å². The van der Waals surface area contributed by atoms with Gasteiger partial charge in [-0.1, -0.05) is 253 Å². The Bertz CT molecular complexity index is 6880. The maximum absolute atomic E-state index is 11.6. The second-order valence-electron chi connectivity index (χ2n) is 30.5. The molecule has 0 spiro atoms. The molecule has 0 N–H and O–H groups in total. The molecule has 0 bridgehead atoms. The van der Waals surface area contributed by atoms with Gasteiger partial charge in [-0.2, -0.15) is 0 Å². The predicted molar refractivity (Wildman–Crippen MR) is 428 cm³/mol. The Balaban J connectivity index is 1.10. The molecular formula is C94H81BN4O. The molecule has 0 aliphatic carbocycles. The van der Waals surface area contributed by atoms with Gasteiger partial charge in [0, 0.05) is 77.6 Å². The predicted octanol–water partition coefficient (Wildman–Crippen LogP) is 24.1. The highest BCUT2D eigenvalue weighted by molar-refractivity contribution is 7.00. The highest BCUT2D eigenvalue weighted by atomic mass is 16.3. The summed E-state index contributed by atoms with van der Waals surface area (Å²) in [6.07, 6.45) is 0. The average Bonchev–Trinajstić information content (AvgIpc) is 0.969. The molecule has 0 amide bonds. The minimum atomic E-state index is -1.64. The fraction of sp³-hybridized carbons (Fsp3) is 0.170. The Kier molecular flexibility index (Phi) is 9.33. The van der Waals surface area contributed by atoms with Crippen LogP contribution in [0.4, 0.5) is 34.1 Å². The van der Waals surface area contributed by atoms with Crippen LogP contribution in [0.5, 0.6) is 0 Å². The van der Waals surface area contributed by atoms with Crippen molar-refractivity contribution in [1.29, 1.82) is 0 Å². The van der Waals surface area contributed by atoms with Crippen molar-refractivity contribution in [2.75, 3.05) is 9.80 Å². The van der Waals surface area contributed by atoms with Gasteiger partial charge in [-0.3, -0.25) is 0 Å². The second-order valence-corrected chi connectivity index (χ2v) is 30.5. The zero-order valence-corrected chi connectivity index (χ0v) is 57.6. The van der Waals surface area contributed by atoms with Crippen molar-refractivity contribution in [2.45, 2.75) is 105 Å². The summed E-state index contributed by atoms with van der Waals surface area (Å²) >= 11 is 0. The van der Waals surface area contributed by atoms with Gasteiger partial charge in [-0.05, 0) is 185 Å².